The summed E-state index contributed by atoms with van der Waals surface area (Å²) in [6.45, 7) is 0. The summed E-state index contributed by atoms with van der Waals surface area (Å²) in [7, 11) is 5.30. The number of hydrogen-bond donors (Lipinski definition) is 0. The topological polar surface area (TPSA) is 43.1 Å². The first-order chi connectivity index (χ1) is 4.70. The molecule has 0 aliphatic carbocycles. The third kappa shape index (κ3) is 1.34. The molecule has 4 heteroatoms. The molecule has 0 bridgehead atoms. The summed E-state index contributed by atoms with van der Waals surface area (Å²) >= 11 is 0. The molecule has 1 aromatic carbocycles. The number of nitro benzene ring substituents is 1. The molecule has 0 aromatic heterocycles. The van der Waals surface area contributed by atoms with Gasteiger partial charge in [0.1, 0.15) is 7.85 Å². The van der Waals surface area contributed by atoms with Crippen molar-refractivity contribution < 1.29 is 4.92 Å². The average Bonchev–Trinajstić information content (AvgIpc) is 1.88. The lowest BCUT2D eigenvalue weighted by atomic mass is 9.96. The van der Waals surface area contributed by atoms with Crippen LogP contribution in [0.4, 0.5) is 5.69 Å². The molecule has 0 saturated carbocycles. The van der Waals surface area contributed by atoms with E-state index in [0.717, 1.165) is 0 Å². The van der Waals surface area contributed by atoms with Crippen molar-refractivity contribution in [3.05, 3.63) is 34.4 Å². The van der Waals surface area contributed by atoms with Gasteiger partial charge in [-0.3, -0.25) is 10.1 Å². The van der Waals surface area contributed by atoms with Crippen molar-refractivity contribution in [1.29, 1.82) is 0 Å². The highest BCUT2D eigenvalue weighted by Crippen LogP contribution is 2.05. The fourth-order valence-corrected chi connectivity index (χ4v) is 0.596. The number of non-ortho nitro benzene ring substituents is 1. The fourth-order valence-electron chi connectivity index (χ4n) is 0.596. The predicted molar refractivity (Wildman–Crippen MR) is 38.5 cm³/mol. The number of hydrogen-bond acceptors (Lipinski definition) is 2. The van der Waals surface area contributed by atoms with Gasteiger partial charge in [0.05, 0.1) is 4.92 Å². The van der Waals surface area contributed by atoms with E-state index in [0.29, 0.717) is 5.46 Å². The molecule has 0 unspecified atom stereocenters. The smallest absolute Gasteiger partial charge is 0.258 e. The van der Waals surface area contributed by atoms with Crippen molar-refractivity contribution in [2.24, 2.45) is 0 Å². The first kappa shape index (κ1) is 6.80. The summed E-state index contributed by atoms with van der Waals surface area (Å²) in [5.74, 6) is 0. The van der Waals surface area contributed by atoms with Crippen LogP contribution in [-0.2, 0) is 0 Å². The average molecular weight is 133 g/mol. The van der Waals surface area contributed by atoms with Crippen molar-refractivity contribution in [3.63, 3.8) is 0 Å². The Morgan fingerprint density at radius 3 is 2.20 bits per heavy atom. The Labute approximate surface area is 59.2 Å². The van der Waals surface area contributed by atoms with Gasteiger partial charge < -0.3 is 0 Å². The quantitative estimate of drug-likeness (QED) is 0.316. The molecule has 0 atom stereocenters. The summed E-state index contributed by atoms with van der Waals surface area (Å²) in [4.78, 5) is 9.62. The molecule has 0 N–H and O–H groups in total. The molecule has 0 heterocycles. The first-order valence-corrected chi connectivity index (χ1v) is 2.70. The fraction of sp³-hybridized carbons (Fsp3) is 0. The molecule has 0 fully saturated rings. The molecule has 48 valence electrons. The van der Waals surface area contributed by atoms with Crippen LogP contribution in [0, 0.1) is 10.1 Å². The molecule has 0 saturated heterocycles. The summed E-state index contributed by atoms with van der Waals surface area (Å²) in [5, 5.41) is 10.1. The standard InChI is InChI=1S/C6H4BNO2/c7-5-1-3-6(4-2-5)8(9)10/h1-4H. The van der Waals surface area contributed by atoms with Crippen molar-refractivity contribution in [3.8, 4) is 0 Å². The maximum Gasteiger partial charge on any atom is 0.269 e. The van der Waals surface area contributed by atoms with Crippen LogP contribution in [0.25, 0.3) is 0 Å². The third-order valence-corrected chi connectivity index (χ3v) is 1.10. The first-order valence-electron chi connectivity index (χ1n) is 2.70. The van der Waals surface area contributed by atoms with E-state index in [-0.39, 0.29) is 5.69 Å². The second-order valence-corrected chi connectivity index (χ2v) is 1.85. The highest BCUT2D eigenvalue weighted by Gasteiger charge is 2.00. The number of nitrogens with zero attached hydrogens (tertiary/aromatic N) is 1. The lowest BCUT2D eigenvalue weighted by Crippen LogP contribution is -2.00. The van der Waals surface area contributed by atoms with Crippen LogP contribution in [0.2, 0.25) is 0 Å². The Hall–Kier alpha value is -1.32. The maximum absolute atomic E-state index is 10.1. The van der Waals surface area contributed by atoms with Gasteiger partial charge in [0.25, 0.3) is 5.69 Å². The van der Waals surface area contributed by atoms with Gasteiger partial charge in [0.15, 0.2) is 0 Å². The zero-order valence-corrected chi connectivity index (χ0v) is 5.15. The summed E-state index contributed by atoms with van der Waals surface area (Å²) < 4.78 is 0. The highest BCUT2D eigenvalue weighted by molar-refractivity contribution is 6.32. The van der Waals surface area contributed by atoms with Crippen LogP contribution in [0.3, 0.4) is 0 Å². The van der Waals surface area contributed by atoms with Crippen LogP contribution < -0.4 is 5.46 Å². The van der Waals surface area contributed by atoms with E-state index in [2.05, 4.69) is 0 Å². The molecule has 10 heavy (non-hydrogen) atoms. The van der Waals surface area contributed by atoms with E-state index in [4.69, 9.17) is 7.85 Å². The zero-order chi connectivity index (χ0) is 7.56. The van der Waals surface area contributed by atoms with Gasteiger partial charge in [-0.1, -0.05) is 17.6 Å². The highest BCUT2D eigenvalue weighted by atomic mass is 16.6. The van der Waals surface area contributed by atoms with Gasteiger partial charge in [-0.15, -0.1) is 0 Å². The van der Waals surface area contributed by atoms with E-state index < -0.39 is 4.92 Å². The Bertz CT molecular complexity index is 244. The van der Waals surface area contributed by atoms with Gasteiger partial charge in [0, 0.05) is 12.1 Å². The largest absolute Gasteiger partial charge is 0.269 e. The summed E-state index contributed by atoms with van der Waals surface area (Å²) in [6.07, 6.45) is 0. The molecule has 0 aliphatic heterocycles. The van der Waals surface area contributed by atoms with Crippen LogP contribution in [0.1, 0.15) is 0 Å². The van der Waals surface area contributed by atoms with Gasteiger partial charge in [-0.2, -0.15) is 0 Å². The van der Waals surface area contributed by atoms with Crippen LogP contribution in [-0.4, -0.2) is 12.8 Å². The summed E-state index contributed by atoms with van der Waals surface area (Å²) in [6, 6.07) is 5.74. The number of benzene rings is 1. The van der Waals surface area contributed by atoms with Gasteiger partial charge in [0.2, 0.25) is 0 Å². The van der Waals surface area contributed by atoms with Crippen LogP contribution in [0.15, 0.2) is 24.3 Å². The van der Waals surface area contributed by atoms with Crippen molar-refractivity contribution in [2.45, 2.75) is 0 Å². The van der Waals surface area contributed by atoms with Crippen molar-refractivity contribution >= 4 is 19.0 Å². The minimum Gasteiger partial charge on any atom is -0.258 e. The number of rotatable bonds is 1. The van der Waals surface area contributed by atoms with E-state index in [1.54, 1.807) is 0 Å². The minimum atomic E-state index is -0.459. The maximum atomic E-state index is 10.1. The van der Waals surface area contributed by atoms with E-state index in [9.17, 15) is 10.1 Å². The number of nitro groups is 1. The zero-order valence-electron chi connectivity index (χ0n) is 5.15. The van der Waals surface area contributed by atoms with E-state index in [1.807, 2.05) is 0 Å². The molecule has 2 radical (unpaired) electrons. The van der Waals surface area contributed by atoms with E-state index >= 15 is 0 Å². The van der Waals surface area contributed by atoms with E-state index in [1.165, 1.54) is 24.3 Å². The van der Waals surface area contributed by atoms with Gasteiger partial charge in [-0.05, 0) is 0 Å². The SMILES string of the molecule is [B]c1ccc([N+](=O)[O-])cc1. The van der Waals surface area contributed by atoms with Gasteiger partial charge >= 0.3 is 0 Å². The lowest BCUT2D eigenvalue weighted by Gasteiger charge is -1.90. The Balaban J connectivity index is 3.00. The minimum absolute atomic E-state index is 0.0641. The van der Waals surface area contributed by atoms with Gasteiger partial charge in [-0.25, -0.2) is 0 Å². The summed E-state index contributed by atoms with van der Waals surface area (Å²) in [5.41, 5.74) is 0.597. The second-order valence-electron chi connectivity index (χ2n) is 1.85. The Morgan fingerprint density at radius 2 is 1.80 bits per heavy atom. The molecule has 0 amide bonds. The Morgan fingerprint density at radius 1 is 1.30 bits per heavy atom. The van der Waals surface area contributed by atoms with Crippen molar-refractivity contribution in [1.82, 2.24) is 0 Å². The molecule has 1 rings (SSSR count). The molecule has 0 aliphatic rings. The molecular weight excluding hydrogens is 129 g/mol. The third-order valence-electron chi connectivity index (χ3n) is 1.10. The second kappa shape index (κ2) is 2.52. The molecule has 0 spiro atoms. The normalized spacial score (nSPS) is 9.20. The van der Waals surface area contributed by atoms with Crippen LogP contribution >= 0.6 is 0 Å². The molecular formula is C6H4BNO2. The predicted octanol–water partition coefficient (Wildman–Crippen LogP) is 0.389. The van der Waals surface area contributed by atoms with Crippen LogP contribution in [0.5, 0.6) is 0 Å². The van der Waals surface area contributed by atoms with Crippen molar-refractivity contribution in [2.75, 3.05) is 0 Å². The lowest BCUT2D eigenvalue weighted by molar-refractivity contribution is -0.384. The monoisotopic (exact) mass is 133 g/mol. The Kier molecular flexibility index (Phi) is 1.71. The molecule has 3 nitrogen and oxygen atoms in total. The molecule has 1 aromatic rings.